The molecule has 0 saturated carbocycles. The predicted octanol–water partition coefficient (Wildman–Crippen LogP) is 2.96. The van der Waals surface area contributed by atoms with E-state index in [9.17, 15) is 10.1 Å². The molecule has 1 saturated heterocycles. The largest absolute Gasteiger partial charge is 0.378 e. The number of nitrogens with one attached hydrogen (secondary N) is 1. The smallest absolute Gasteiger partial charge is 0.353 e. The van der Waals surface area contributed by atoms with Crippen molar-refractivity contribution in [2.24, 2.45) is 0 Å². The second-order valence-electron chi connectivity index (χ2n) is 5.19. The molecule has 0 aliphatic carbocycles. The molecule has 2 aromatic rings. The van der Waals surface area contributed by atoms with Crippen LogP contribution in [0.2, 0.25) is 5.02 Å². The molecule has 3 N–H and O–H groups in total. The van der Waals surface area contributed by atoms with E-state index in [1.54, 1.807) is 24.3 Å². The number of halogens is 1. The number of nitro groups is 1. The van der Waals surface area contributed by atoms with E-state index in [1.165, 1.54) is 0 Å². The van der Waals surface area contributed by atoms with Gasteiger partial charge in [-0.05, 0) is 31.0 Å². The molecule has 23 heavy (non-hydrogen) atoms. The third-order valence-corrected chi connectivity index (χ3v) is 3.79. The lowest BCUT2D eigenvalue weighted by Crippen LogP contribution is -2.22. The Balaban J connectivity index is 2.02. The number of nitrogen functional groups attached to an aromatic ring is 1. The fraction of sp³-hybridized carbons (Fsp3) is 0.286. The van der Waals surface area contributed by atoms with E-state index in [2.05, 4.69) is 15.3 Å². The van der Waals surface area contributed by atoms with E-state index in [0.29, 0.717) is 16.7 Å². The van der Waals surface area contributed by atoms with Crippen LogP contribution >= 0.6 is 11.6 Å². The molecule has 8 nitrogen and oxygen atoms in total. The zero-order valence-electron chi connectivity index (χ0n) is 12.2. The Morgan fingerprint density at radius 2 is 2.04 bits per heavy atom. The second kappa shape index (κ2) is 6.25. The molecule has 0 radical (unpaired) electrons. The maximum Gasteiger partial charge on any atom is 0.353 e. The van der Waals surface area contributed by atoms with Gasteiger partial charge in [0.1, 0.15) is 0 Å². The van der Waals surface area contributed by atoms with E-state index < -0.39 is 4.92 Å². The van der Waals surface area contributed by atoms with E-state index in [4.69, 9.17) is 17.3 Å². The summed E-state index contributed by atoms with van der Waals surface area (Å²) >= 11 is 5.94. The summed E-state index contributed by atoms with van der Waals surface area (Å²) in [4.78, 5) is 21.1. The minimum absolute atomic E-state index is 0.0617. The molecule has 0 amide bonds. The van der Waals surface area contributed by atoms with Crippen molar-refractivity contribution in [1.82, 2.24) is 9.97 Å². The highest BCUT2D eigenvalue weighted by Gasteiger charge is 2.26. The molecule has 120 valence electrons. The second-order valence-corrected chi connectivity index (χ2v) is 5.63. The zero-order chi connectivity index (χ0) is 16.4. The molecule has 0 unspecified atom stereocenters. The third-order valence-electron chi connectivity index (χ3n) is 3.56. The highest BCUT2D eigenvalue weighted by molar-refractivity contribution is 6.30. The van der Waals surface area contributed by atoms with Gasteiger partial charge in [-0.25, -0.2) is 0 Å². The molecular weight excluding hydrogens is 320 g/mol. The maximum atomic E-state index is 11.3. The molecular formula is C14H15ClN6O2. The quantitative estimate of drug-likeness (QED) is 0.653. The van der Waals surface area contributed by atoms with Gasteiger partial charge in [0.2, 0.25) is 17.6 Å². The molecule has 1 aromatic heterocycles. The zero-order valence-corrected chi connectivity index (χ0v) is 13.0. The summed E-state index contributed by atoms with van der Waals surface area (Å²) in [7, 11) is 0. The molecule has 1 fully saturated rings. The molecule has 2 heterocycles. The number of hydrogen-bond acceptors (Lipinski definition) is 7. The molecule has 0 atom stereocenters. The van der Waals surface area contributed by atoms with Crippen molar-refractivity contribution < 1.29 is 4.92 Å². The summed E-state index contributed by atoms with van der Waals surface area (Å²) in [6, 6.07) is 6.84. The van der Waals surface area contributed by atoms with Crippen molar-refractivity contribution in [2.45, 2.75) is 12.8 Å². The highest BCUT2D eigenvalue weighted by atomic mass is 35.5. The molecule has 0 spiro atoms. The van der Waals surface area contributed by atoms with Crippen LogP contribution in [0.4, 0.5) is 29.0 Å². The molecule has 1 aliphatic heterocycles. The monoisotopic (exact) mass is 334 g/mol. The Labute approximate surface area is 137 Å². The topological polar surface area (TPSA) is 110 Å². The summed E-state index contributed by atoms with van der Waals surface area (Å²) in [5.41, 5.74) is 6.04. The Kier molecular flexibility index (Phi) is 4.16. The standard InChI is InChI=1S/C14H15ClN6O2/c15-9-4-3-5-10(8-9)17-13-11(21(22)23)12(16)18-14(19-13)20-6-1-2-7-20/h3-5,8H,1-2,6-7H2,(H3,16,17,18,19). The number of anilines is 4. The Bertz CT molecular complexity index is 748. The number of nitrogens with two attached hydrogens (primary N) is 1. The van der Waals surface area contributed by atoms with Crippen LogP contribution in [0.3, 0.4) is 0 Å². The van der Waals surface area contributed by atoms with Gasteiger partial charge >= 0.3 is 5.69 Å². The lowest BCUT2D eigenvalue weighted by atomic mass is 10.3. The molecule has 9 heteroatoms. The summed E-state index contributed by atoms with van der Waals surface area (Å²) in [6.45, 7) is 1.63. The van der Waals surface area contributed by atoms with Gasteiger partial charge in [0, 0.05) is 23.8 Å². The van der Waals surface area contributed by atoms with Gasteiger partial charge in [0.05, 0.1) is 4.92 Å². The number of nitrogens with zero attached hydrogens (tertiary/aromatic N) is 4. The van der Waals surface area contributed by atoms with Crippen LogP contribution in [0.15, 0.2) is 24.3 Å². The Morgan fingerprint density at radius 3 is 2.70 bits per heavy atom. The van der Waals surface area contributed by atoms with Gasteiger partial charge in [-0.2, -0.15) is 9.97 Å². The predicted molar refractivity (Wildman–Crippen MR) is 89.3 cm³/mol. The van der Waals surface area contributed by atoms with E-state index in [0.717, 1.165) is 25.9 Å². The first-order valence-electron chi connectivity index (χ1n) is 7.14. The minimum Gasteiger partial charge on any atom is -0.378 e. The molecule has 0 bridgehead atoms. The highest BCUT2D eigenvalue weighted by Crippen LogP contribution is 2.33. The Hall–Kier alpha value is -2.61. The van der Waals surface area contributed by atoms with Crippen molar-refractivity contribution in [3.05, 3.63) is 39.4 Å². The Morgan fingerprint density at radius 1 is 1.30 bits per heavy atom. The van der Waals surface area contributed by atoms with E-state index in [-0.39, 0.29) is 17.3 Å². The van der Waals surface area contributed by atoms with Crippen LogP contribution in [-0.2, 0) is 0 Å². The number of hydrogen-bond donors (Lipinski definition) is 2. The normalized spacial score (nSPS) is 14.0. The van der Waals surface area contributed by atoms with Gasteiger partial charge in [-0.3, -0.25) is 10.1 Å². The molecule has 3 rings (SSSR count). The van der Waals surface area contributed by atoms with Gasteiger partial charge < -0.3 is 16.0 Å². The average molecular weight is 335 g/mol. The first-order valence-corrected chi connectivity index (χ1v) is 7.52. The van der Waals surface area contributed by atoms with Crippen LogP contribution in [0.5, 0.6) is 0 Å². The third kappa shape index (κ3) is 3.26. The van der Waals surface area contributed by atoms with E-state index >= 15 is 0 Å². The summed E-state index contributed by atoms with van der Waals surface area (Å²) in [5.74, 6) is 0.304. The van der Waals surface area contributed by atoms with Crippen LogP contribution < -0.4 is 16.0 Å². The average Bonchev–Trinajstić information content (AvgIpc) is 3.00. The SMILES string of the molecule is Nc1nc(N2CCCC2)nc(Nc2cccc(Cl)c2)c1[N+](=O)[O-]. The van der Waals surface area contributed by atoms with Gasteiger partial charge in [0.25, 0.3) is 0 Å². The van der Waals surface area contributed by atoms with Gasteiger partial charge in [-0.15, -0.1) is 0 Å². The van der Waals surface area contributed by atoms with Crippen LogP contribution in [0.1, 0.15) is 12.8 Å². The first kappa shape index (κ1) is 15.3. The maximum absolute atomic E-state index is 11.3. The van der Waals surface area contributed by atoms with Crippen LogP contribution in [-0.4, -0.2) is 28.0 Å². The fourth-order valence-corrected chi connectivity index (χ4v) is 2.68. The summed E-state index contributed by atoms with van der Waals surface area (Å²) in [5, 5.41) is 14.7. The fourth-order valence-electron chi connectivity index (χ4n) is 2.49. The van der Waals surface area contributed by atoms with Crippen molar-refractivity contribution in [3.8, 4) is 0 Å². The summed E-state index contributed by atoms with van der Waals surface area (Å²) in [6.07, 6.45) is 2.08. The first-order chi connectivity index (χ1) is 11.0. The van der Waals surface area contributed by atoms with Crippen molar-refractivity contribution in [3.63, 3.8) is 0 Å². The lowest BCUT2D eigenvalue weighted by molar-refractivity contribution is -0.383. The lowest BCUT2D eigenvalue weighted by Gasteiger charge is -2.17. The number of rotatable bonds is 4. The van der Waals surface area contributed by atoms with Gasteiger partial charge in [-0.1, -0.05) is 17.7 Å². The minimum atomic E-state index is -0.587. The molecule has 1 aliphatic rings. The number of benzene rings is 1. The summed E-state index contributed by atoms with van der Waals surface area (Å²) < 4.78 is 0. The van der Waals surface area contributed by atoms with E-state index in [1.807, 2.05) is 4.90 Å². The van der Waals surface area contributed by atoms with Crippen LogP contribution in [0.25, 0.3) is 0 Å². The number of aromatic nitrogens is 2. The van der Waals surface area contributed by atoms with Crippen molar-refractivity contribution in [2.75, 3.05) is 29.0 Å². The van der Waals surface area contributed by atoms with Crippen LogP contribution in [0, 0.1) is 10.1 Å². The van der Waals surface area contributed by atoms with Crippen molar-refractivity contribution >= 4 is 40.6 Å². The van der Waals surface area contributed by atoms with Crippen molar-refractivity contribution in [1.29, 1.82) is 0 Å². The molecule has 1 aromatic carbocycles. The van der Waals surface area contributed by atoms with Gasteiger partial charge in [0.15, 0.2) is 0 Å².